The summed E-state index contributed by atoms with van der Waals surface area (Å²) in [5.41, 5.74) is 1.20. The fourth-order valence-corrected chi connectivity index (χ4v) is 3.79. The topological polar surface area (TPSA) is 12.0 Å². The Hall–Kier alpha value is -0.0500. The maximum Gasteiger partial charge on any atom is 0.0464 e. The van der Waals surface area contributed by atoms with E-state index >= 15 is 0 Å². The van der Waals surface area contributed by atoms with Crippen LogP contribution in [0.3, 0.4) is 0 Å². The van der Waals surface area contributed by atoms with Crippen molar-refractivity contribution in [3.8, 4) is 0 Å². The first kappa shape index (κ1) is 15.3. The number of halogens is 2. The van der Waals surface area contributed by atoms with E-state index in [9.17, 15) is 0 Å². The van der Waals surface area contributed by atoms with Crippen LogP contribution in [0.2, 0.25) is 5.02 Å². The molecule has 2 rings (SSSR count). The third kappa shape index (κ3) is 4.47. The minimum absolute atomic E-state index is 0.319. The Morgan fingerprint density at radius 1 is 1.26 bits per heavy atom. The van der Waals surface area contributed by atoms with E-state index in [1.807, 2.05) is 6.07 Å². The third-order valence-corrected chi connectivity index (χ3v) is 4.99. The molecule has 106 valence electrons. The van der Waals surface area contributed by atoms with E-state index in [0.717, 1.165) is 15.4 Å². The van der Waals surface area contributed by atoms with E-state index < -0.39 is 0 Å². The number of nitrogens with one attached hydrogen (secondary N) is 1. The molecule has 0 bridgehead atoms. The van der Waals surface area contributed by atoms with Crippen molar-refractivity contribution in [1.82, 2.24) is 5.32 Å². The van der Waals surface area contributed by atoms with E-state index in [-0.39, 0.29) is 0 Å². The summed E-state index contributed by atoms with van der Waals surface area (Å²) in [7, 11) is 0. The Balaban J connectivity index is 1.98. The van der Waals surface area contributed by atoms with Crippen LogP contribution in [0.25, 0.3) is 0 Å². The summed E-state index contributed by atoms with van der Waals surface area (Å²) in [4.78, 5) is 0. The summed E-state index contributed by atoms with van der Waals surface area (Å²) < 4.78 is 1.04. The lowest BCUT2D eigenvalue weighted by molar-refractivity contribution is 0.408. The first-order valence-corrected chi connectivity index (χ1v) is 8.44. The molecule has 1 N–H and O–H groups in total. The minimum Gasteiger partial charge on any atom is -0.307 e. The first-order valence-electron chi connectivity index (χ1n) is 7.27. The molecule has 0 aromatic heterocycles. The van der Waals surface area contributed by atoms with Gasteiger partial charge in [0.15, 0.2) is 0 Å². The summed E-state index contributed by atoms with van der Waals surface area (Å²) in [5.74, 6) is 0.887. The zero-order valence-corrected chi connectivity index (χ0v) is 14.1. The molecule has 0 amide bonds. The second-order valence-corrected chi connectivity index (χ2v) is 7.19. The lowest BCUT2D eigenvalue weighted by Crippen LogP contribution is -2.31. The highest BCUT2D eigenvalue weighted by atomic mass is 79.9. The van der Waals surface area contributed by atoms with Gasteiger partial charge >= 0.3 is 0 Å². The van der Waals surface area contributed by atoms with Crippen LogP contribution in [0.15, 0.2) is 22.7 Å². The number of benzene rings is 1. The van der Waals surface area contributed by atoms with Gasteiger partial charge < -0.3 is 5.32 Å². The van der Waals surface area contributed by atoms with Crippen molar-refractivity contribution in [1.29, 1.82) is 0 Å². The molecule has 0 aliphatic heterocycles. The van der Waals surface area contributed by atoms with E-state index in [1.54, 1.807) is 0 Å². The average molecular weight is 345 g/mol. The second kappa shape index (κ2) is 7.10. The van der Waals surface area contributed by atoms with Crippen LogP contribution in [0.5, 0.6) is 0 Å². The Bertz CT molecular complexity index is 421. The SMILES string of the molecule is CC1CCCC(NC(C)c2ccc(Br)cc2Cl)CC1. The van der Waals surface area contributed by atoms with Crippen LogP contribution >= 0.6 is 27.5 Å². The smallest absolute Gasteiger partial charge is 0.0464 e. The molecule has 1 aromatic carbocycles. The van der Waals surface area contributed by atoms with Gasteiger partial charge in [0.2, 0.25) is 0 Å². The molecule has 0 radical (unpaired) electrons. The van der Waals surface area contributed by atoms with Gasteiger partial charge in [-0.1, -0.05) is 53.4 Å². The van der Waals surface area contributed by atoms with Gasteiger partial charge in [-0.25, -0.2) is 0 Å². The predicted molar refractivity (Wildman–Crippen MR) is 86.7 cm³/mol. The summed E-state index contributed by atoms with van der Waals surface area (Å²) in [6, 6.07) is 7.11. The van der Waals surface area contributed by atoms with E-state index in [4.69, 9.17) is 11.6 Å². The first-order chi connectivity index (χ1) is 9.06. The van der Waals surface area contributed by atoms with Crippen molar-refractivity contribution in [3.63, 3.8) is 0 Å². The van der Waals surface area contributed by atoms with Gasteiger partial charge in [-0.05, 0) is 49.8 Å². The van der Waals surface area contributed by atoms with E-state index in [0.29, 0.717) is 12.1 Å². The molecule has 3 heteroatoms. The van der Waals surface area contributed by atoms with Gasteiger partial charge in [0.25, 0.3) is 0 Å². The Morgan fingerprint density at radius 3 is 2.79 bits per heavy atom. The molecule has 1 fully saturated rings. The van der Waals surface area contributed by atoms with E-state index in [2.05, 4.69) is 47.2 Å². The van der Waals surface area contributed by atoms with Gasteiger partial charge in [-0.15, -0.1) is 0 Å². The lowest BCUT2D eigenvalue weighted by atomic mass is 10.0. The molecule has 1 aliphatic carbocycles. The van der Waals surface area contributed by atoms with Crippen molar-refractivity contribution < 1.29 is 0 Å². The highest BCUT2D eigenvalue weighted by Crippen LogP contribution is 2.29. The standard InChI is InChI=1S/C16H23BrClN/c1-11-4-3-5-14(8-6-11)19-12(2)15-9-7-13(17)10-16(15)18/h7,9-12,14,19H,3-6,8H2,1-2H3. The Kier molecular flexibility index (Phi) is 5.73. The Labute approximate surface area is 130 Å². The molecule has 3 unspecified atom stereocenters. The second-order valence-electron chi connectivity index (χ2n) is 5.86. The average Bonchev–Trinajstić information content (AvgIpc) is 2.54. The fourth-order valence-electron chi connectivity index (χ4n) is 2.95. The zero-order chi connectivity index (χ0) is 13.8. The van der Waals surface area contributed by atoms with Crippen LogP contribution in [-0.2, 0) is 0 Å². The molecule has 0 saturated heterocycles. The number of rotatable bonds is 3. The third-order valence-electron chi connectivity index (χ3n) is 4.17. The minimum atomic E-state index is 0.319. The van der Waals surface area contributed by atoms with Gasteiger partial charge in [0.05, 0.1) is 0 Å². The van der Waals surface area contributed by atoms with Crippen molar-refractivity contribution in [2.24, 2.45) is 5.92 Å². The van der Waals surface area contributed by atoms with Gasteiger partial charge in [-0.2, -0.15) is 0 Å². The summed E-state index contributed by atoms with van der Waals surface area (Å²) >= 11 is 9.78. The van der Waals surface area contributed by atoms with Crippen molar-refractivity contribution in [2.45, 2.75) is 58.0 Å². The van der Waals surface area contributed by atoms with Crippen LogP contribution in [0.4, 0.5) is 0 Å². The van der Waals surface area contributed by atoms with Gasteiger partial charge in [0.1, 0.15) is 0 Å². The Morgan fingerprint density at radius 2 is 2.05 bits per heavy atom. The maximum absolute atomic E-state index is 6.33. The molecule has 0 heterocycles. The molecule has 1 nitrogen and oxygen atoms in total. The monoisotopic (exact) mass is 343 g/mol. The zero-order valence-electron chi connectivity index (χ0n) is 11.8. The normalized spacial score (nSPS) is 25.9. The highest BCUT2D eigenvalue weighted by molar-refractivity contribution is 9.10. The predicted octanol–water partition coefficient (Wildman–Crippen LogP) is 5.72. The molecular weight excluding hydrogens is 322 g/mol. The van der Waals surface area contributed by atoms with Crippen LogP contribution < -0.4 is 5.32 Å². The quantitative estimate of drug-likeness (QED) is 0.691. The van der Waals surface area contributed by atoms with Crippen LogP contribution in [0.1, 0.15) is 57.6 Å². The van der Waals surface area contributed by atoms with Gasteiger partial charge in [-0.3, -0.25) is 0 Å². The summed E-state index contributed by atoms with van der Waals surface area (Å²) in [6.07, 6.45) is 6.66. The fraction of sp³-hybridized carbons (Fsp3) is 0.625. The van der Waals surface area contributed by atoms with Crippen LogP contribution in [0, 0.1) is 5.92 Å². The van der Waals surface area contributed by atoms with Crippen molar-refractivity contribution in [2.75, 3.05) is 0 Å². The number of hydrogen-bond acceptors (Lipinski definition) is 1. The lowest BCUT2D eigenvalue weighted by Gasteiger charge is -2.23. The molecule has 1 aliphatic rings. The summed E-state index contributed by atoms with van der Waals surface area (Å²) in [6.45, 7) is 4.58. The summed E-state index contributed by atoms with van der Waals surface area (Å²) in [5, 5.41) is 4.60. The molecule has 1 aromatic rings. The van der Waals surface area contributed by atoms with Crippen LogP contribution in [-0.4, -0.2) is 6.04 Å². The highest BCUT2D eigenvalue weighted by Gasteiger charge is 2.19. The largest absolute Gasteiger partial charge is 0.307 e. The maximum atomic E-state index is 6.33. The van der Waals surface area contributed by atoms with Gasteiger partial charge in [0, 0.05) is 21.6 Å². The van der Waals surface area contributed by atoms with Crippen molar-refractivity contribution in [3.05, 3.63) is 33.3 Å². The van der Waals surface area contributed by atoms with E-state index in [1.165, 1.54) is 37.7 Å². The molecule has 3 atom stereocenters. The molecular formula is C16H23BrClN. The number of hydrogen-bond donors (Lipinski definition) is 1. The molecule has 1 saturated carbocycles. The molecule has 19 heavy (non-hydrogen) atoms. The molecule has 0 spiro atoms. The van der Waals surface area contributed by atoms with Crippen molar-refractivity contribution >= 4 is 27.5 Å².